The van der Waals surface area contributed by atoms with Crippen LogP contribution in [0.5, 0.6) is 0 Å². The summed E-state index contributed by atoms with van der Waals surface area (Å²) in [5.41, 5.74) is 0.608. The standard InChI is InChI=1S/C10H19NO/c1-4-9(2)10(12)5-7-11(3)8-6-10/h4,12H,5-8H2,1-3H3. The molecule has 0 saturated carbocycles. The molecule has 1 N–H and O–H groups in total. The molecule has 0 radical (unpaired) electrons. The number of rotatable bonds is 1. The Labute approximate surface area is 74.9 Å². The number of likely N-dealkylation sites (tertiary alicyclic amines) is 1. The molecule has 1 aliphatic heterocycles. The van der Waals surface area contributed by atoms with Crippen molar-refractivity contribution in [1.82, 2.24) is 4.90 Å². The van der Waals surface area contributed by atoms with Gasteiger partial charge in [0.1, 0.15) is 0 Å². The lowest BCUT2D eigenvalue weighted by Gasteiger charge is -2.37. The molecule has 1 aliphatic rings. The van der Waals surface area contributed by atoms with Crippen molar-refractivity contribution in [3.63, 3.8) is 0 Å². The van der Waals surface area contributed by atoms with Gasteiger partial charge >= 0.3 is 0 Å². The van der Waals surface area contributed by atoms with Gasteiger partial charge in [0.05, 0.1) is 5.60 Å². The van der Waals surface area contributed by atoms with E-state index >= 15 is 0 Å². The van der Waals surface area contributed by atoms with Gasteiger partial charge in [-0.3, -0.25) is 0 Å². The number of aliphatic hydroxyl groups is 1. The highest BCUT2D eigenvalue weighted by molar-refractivity contribution is 5.14. The summed E-state index contributed by atoms with van der Waals surface area (Å²) in [6.45, 7) is 6.01. The maximum absolute atomic E-state index is 10.2. The van der Waals surface area contributed by atoms with Crippen LogP contribution in [-0.4, -0.2) is 35.7 Å². The lowest BCUT2D eigenvalue weighted by molar-refractivity contribution is 0.0162. The zero-order valence-corrected chi connectivity index (χ0v) is 8.30. The van der Waals surface area contributed by atoms with Crippen molar-refractivity contribution in [1.29, 1.82) is 0 Å². The molecule has 1 heterocycles. The first-order valence-corrected chi connectivity index (χ1v) is 4.63. The molecule has 0 atom stereocenters. The van der Waals surface area contributed by atoms with Crippen LogP contribution in [0.1, 0.15) is 26.7 Å². The van der Waals surface area contributed by atoms with E-state index in [0.29, 0.717) is 0 Å². The number of allylic oxidation sites excluding steroid dienone is 1. The van der Waals surface area contributed by atoms with Crippen LogP contribution in [0.3, 0.4) is 0 Å². The van der Waals surface area contributed by atoms with E-state index in [0.717, 1.165) is 31.5 Å². The van der Waals surface area contributed by atoms with Crippen molar-refractivity contribution in [2.24, 2.45) is 0 Å². The smallest absolute Gasteiger partial charge is 0.0878 e. The molecule has 0 spiro atoms. The zero-order valence-electron chi connectivity index (χ0n) is 8.30. The summed E-state index contributed by atoms with van der Waals surface area (Å²) in [7, 11) is 2.10. The Hall–Kier alpha value is -0.340. The zero-order chi connectivity index (χ0) is 9.19. The van der Waals surface area contributed by atoms with Crippen LogP contribution < -0.4 is 0 Å². The van der Waals surface area contributed by atoms with Gasteiger partial charge in [0.2, 0.25) is 0 Å². The summed E-state index contributed by atoms with van der Waals surface area (Å²) in [6.07, 6.45) is 3.77. The highest BCUT2D eigenvalue weighted by Gasteiger charge is 2.31. The van der Waals surface area contributed by atoms with E-state index in [1.54, 1.807) is 0 Å². The molecule has 0 aromatic rings. The Morgan fingerprint density at radius 1 is 1.42 bits per heavy atom. The van der Waals surface area contributed by atoms with E-state index in [9.17, 15) is 5.11 Å². The molecule has 0 aliphatic carbocycles. The highest BCUT2D eigenvalue weighted by Crippen LogP contribution is 2.28. The Morgan fingerprint density at radius 2 is 1.92 bits per heavy atom. The Bertz CT molecular complexity index is 178. The van der Waals surface area contributed by atoms with Crippen molar-refractivity contribution < 1.29 is 5.11 Å². The fraction of sp³-hybridized carbons (Fsp3) is 0.800. The SMILES string of the molecule is CC=C(C)C1(O)CCN(C)CC1. The summed E-state index contributed by atoms with van der Waals surface area (Å²) < 4.78 is 0. The van der Waals surface area contributed by atoms with Crippen LogP contribution in [0.2, 0.25) is 0 Å². The summed E-state index contributed by atoms with van der Waals surface area (Å²) in [5.74, 6) is 0. The van der Waals surface area contributed by atoms with Gasteiger partial charge in [-0.1, -0.05) is 6.08 Å². The molecule has 2 heteroatoms. The molecule has 1 saturated heterocycles. The fourth-order valence-corrected chi connectivity index (χ4v) is 1.65. The normalized spacial score (nSPS) is 25.8. The van der Waals surface area contributed by atoms with Crippen LogP contribution in [-0.2, 0) is 0 Å². The Kier molecular flexibility index (Phi) is 2.91. The maximum Gasteiger partial charge on any atom is 0.0878 e. The van der Waals surface area contributed by atoms with Gasteiger partial charge in [-0.15, -0.1) is 0 Å². The topological polar surface area (TPSA) is 23.5 Å². The second-order valence-electron chi connectivity index (χ2n) is 3.81. The van der Waals surface area contributed by atoms with Gasteiger partial charge in [0.25, 0.3) is 0 Å². The van der Waals surface area contributed by atoms with Crippen molar-refractivity contribution in [2.75, 3.05) is 20.1 Å². The van der Waals surface area contributed by atoms with E-state index in [1.807, 2.05) is 19.9 Å². The molecule has 2 nitrogen and oxygen atoms in total. The van der Waals surface area contributed by atoms with Crippen molar-refractivity contribution in [3.8, 4) is 0 Å². The average Bonchev–Trinajstić information content (AvgIpc) is 2.09. The van der Waals surface area contributed by atoms with Gasteiger partial charge in [-0.2, -0.15) is 0 Å². The van der Waals surface area contributed by atoms with Gasteiger partial charge in [-0.05, 0) is 39.3 Å². The molecule has 12 heavy (non-hydrogen) atoms. The molecule has 0 amide bonds. The van der Waals surface area contributed by atoms with Gasteiger partial charge in [-0.25, -0.2) is 0 Å². The lowest BCUT2D eigenvalue weighted by Crippen LogP contribution is -2.43. The van der Waals surface area contributed by atoms with Gasteiger partial charge < -0.3 is 10.0 Å². The average molecular weight is 169 g/mol. The lowest BCUT2D eigenvalue weighted by atomic mass is 9.85. The predicted molar refractivity (Wildman–Crippen MR) is 51.1 cm³/mol. The molecular weight excluding hydrogens is 150 g/mol. The first kappa shape index (κ1) is 9.75. The minimum absolute atomic E-state index is 0.513. The number of hydrogen-bond donors (Lipinski definition) is 1. The second-order valence-corrected chi connectivity index (χ2v) is 3.81. The first-order chi connectivity index (χ1) is 5.58. The molecular formula is C10H19NO. The number of piperidine rings is 1. The third kappa shape index (κ3) is 1.87. The van der Waals surface area contributed by atoms with Crippen LogP contribution in [0, 0.1) is 0 Å². The van der Waals surface area contributed by atoms with Gasteiger partial charge in [0.15, 0.2) is 0 Å². The van der Waals surface area contributed by atoms with E-state index in [-0.39, 0.29) is 0 Å². The highest BCUT2D eigenvalue weighted by atomic mass is 16.3. The number of hydrogen-bond acceptors (Lipinski definition) is 2. The predicted octanol–water partition coefficient (Wildman–Crippen LogP) is 1.41. The third-order valence-electron chi connectivity index (χ3n) is 2.98. The van der Waals surface area contributed by atoms with Crippen LogP contribution in [0.4, 0.5) is 0 Å². The minimum Gasteiger partial charge on any atom is -0.385 e. The largest absolute Gasteiger partial charge is 0.385 e. The van der Waals surface area contributed by atoms with E-state index in [1.165, 1.54) is 0 Å². The van der Waals surface area contributed by atoms with Gasteiger partial charge in [0, 0.05) is 13.1 Å². The molecule has 0 aromatic carbocycles. The molecule has 0 unspecified atom stereocenters. The minimum atomic E-state index is -0.513. The molecule has 1 rings (SSSR count). The van der Waals surface area contributed by atoms with E-state index < -0.39 is 5.60 Å². The first-order valence-electron chi connectivity index (χ1n) is 4.63. The molecule has 0 bridgehead atoms. The van der Waals surface area contributed by atoms with Crippen molar-refractivity contribution >= 4 is 0 Å². The second kappa shape index (κ2) is 3.58. The fourth-order valence-electron chi connectivity index (χ4n) is 1.65. The van der Waals surface area contributed by atoms with Crippen LogP contribution in [0.25, 0.3) is 0 Å². The van der Waals surface area contributed by atoms with E-state index in [2.05, 4.69) is 11.9 Å². The maximum atomic E-state index is 10.2. The quantitative estimate of drug-likeness (QED) is 0.600. The summed E-state index contributed by atoms with van der Waals surface area (Å²) in [4.78, 5) is 2.26. The van der Waals surface area contributed by atoms with Crippen LogP contribution >= 0.6 is 0 Å². The third-order valence-corrected chi connectivity index (χ3v) is 2.98. The number of nitrogens with zero attached hydrogens (tertiary/aromatic N) is 1. The molecule has 1 fully saturated rings. The van der Waals surface area contributed by atoms with Crippen molar-refractivity contribution in [3.05, 3.63) is 11.6 Å². The summed E-state index contributed by atoms with van der Waals surface area (Å²) >= 11 is 0. The summed E-state index contributed by atoms with van der Waals surface area (Å²) in [6, 6.07) is 0. The molecule has 0 aromatic heterocycles. The Balaban J connectivity index is 2.62. The summed E-state index contributed by atoms with van der Waals surface area (Å²) in [5, 5.41) is 10.2. The Morgan fingerprint density at radius 3 is 2.33 bits per heavy atom. The van der Waals surface area contributed by atoms with E-state index in [4.69, 9.17) is 0 Å². The molecule has 70 valence electrons. The monoisotopic (exact) mass is 169 g/mol. The van der Waals surface area contributed by atoms with Crippen LogP contribution in [0.15, 0.2) is 11.6 Å². The van der Waals surface area contributed by atoms with Crippen molar-refractivity contribution in [2.45, 2.75) is 32.3 Å².